The summed E-state index contributed by atoms with van der Waals surface area (Å²) in [5.41, 5.74) is 1.10. The predicted octanol–water partition coefficient (Wildman–Crippen LogP) is 2.76. The van der Waals surface area contributed by atoms with E-state index in [2.05, 4.69) is 15.6 Å². The Morgan fingerprint density at radius 1 is 1.44 bits per heavy atom. The summed E-state index contributed by atoms with van der Waals surface area (Å²) in [6.07, 6.45) is 0.923. The smallest absolute Gasteiger partial charge is 0.267 e. The van der Waals surface area contributed by atoms with Crippen molar-refractivity contribution in [3.63, 3.8) is 0 Å². The molecular formula is C11H10ClN3OS2. The van der Waals surface area contributed by atoms with Crippen LogP contribution >= 0.6 is 34.3 Å². The lowest BCUT2D eigenvalue weighted by Gasteiger charge is -2.09. The molecule has 0 spiro atoms. The normalized spacial score (nSPS) is 14.3. The van der Waals surface area contributed by atoms with Gasteiger partial charge in [0.1, 0.15) is 0 Å². The highest BCUT2D eigenvalue weighted by molar-refractivity contribution is 7.18. The fourth-order valence-corrected chi connectivity index (χ4v) is 3.69. The molecule has 0 fully saturated rings. The van der Waals surface area contributed by atoms with Gasteiger partial charge in [-0.25, -0.2) is 4.98 Å². The van der Waals surface area contributed by atoms with Gasteiger partial charge in [0, 0.05) is 24.4 Å². The molecular weight excluding hydrogens is 290 g/mol. The number of carbonyl (C=O) groups is 1. The van der Waals surface area contributed by atoms with Gasteiger partial charge < -0.3 is 5.32 Å². The number of thiazole rings is 1. The lowest BCUT2D eigenvalue weighted by atomic mass is 10.2. The Kier molecular flexibility index (Phi) is 3.34. The summed E-state index contributed by atoms with van der Waals surface area (Å²) >= 11 is 8.61. The van der Waals surface area contributed by atoms with E-state index in [0.717, 1.165) is 25.2 Å². The molecule has 2 aromatic rings. The predicted molar refractivity (Wildman–Crippen MR) is 74.8 cm³/mol. The molecule has 0 radical (unpaired) electrons. The van der Waals surface area contributed by atoms with E-state index in [1.165, 1.54) is 27.6 Å². The number of carbonyl (C=O) groups excluding carboxylic acids is 1. The van der Waals surface area contributed by atoms with Gasteiger partial charge in [0.05, 0.1) is 14.9 Å². The summed E-state index contributed by atoms with van der Waals surface area (Å²) in [7, 11) is 0. The monoisotopic (exact) mass is 299 g/mol. The highest BCUT2D eigenvalue weighted by atomic mass is 35.5. The molecule has 1 aliphatic heterocycles. The number of hydrogen-bond acceptors (Lipinski definition) is 5. The Hall–Kier alpha value is -0.950. The second-order valence-electron chi connectivity index (χ2n) is 3.87. The number of halogens is 1. The van der Waals surface area contributed by atoms with E-state index in [-0.39, 0.29) is 5.91 Å². The molecule has 0 unspecified atom stereocenters. The molecule has 0 bridgehead atoms. The van der Waals surface area contributed by atoms with Gasteiger partial charge in [-0.05, 0) is 12.1 Å². The van der Waals surface area contributed by atoms with Crippen LogP contribution in [0, 0.1) is 0 Å². The highest BCUT2D eigenvalue weighted by Gasteiger charge is 2.17. The fourth-order valence-electron chi connectivity index (χ4n) is 1.77. The first-order valence-corrected chi connectivity index (χ1v) is 7.49. The second kappa shape index (κ2) is 4.97. The zero-order valence-corrected chi connectivity index (χ0v) is 11.7. The molecule has 0 aromatic carbocycles. The topological polar surface area (TPSA) is 54.0 Å². The van der Waals surface area contributed by atoms with Crippen LogP contribution in [-0.2, 0) is 13.0 Å². The van der Waals surface area contributed by atoms with Crippen molar-refractivity contribution in [1.29, 1.82) is 0 Å². The number of rotatable bonds is 2. The standard InChI is InChI=1S/C11H10ClN3OS2/c12-9-2-1-7(17-9)10(16)15-11-14-6-3-4-13-5-8(6)18-11/h1-2,13H,3-5H2,(H,14,15,16). The van der Waals surface area contributed by atoms with Crippen LogP contribution < -0.4 is 10.6 Å². The first kappa shape index (κ1) is 12.1. The maximum atomic E-state index is 11.9. The van der Waals surface area contributed by atoms with Crippen LogP contribution in [0.2, 0.25) is 4.34 Å². The summed E-state index contributed by atoms with van der Waals surface area (Å²) in [5, 5.41) is 6.77. The Bertz CT molecular complexity index is 569. The Balaban J connectivity index is 1.76. The Morgan fingerprint density at radius 3 is 3.06 bits per heavy atom. The van der Waals surface area contributed by atoms with E-state index >= 15 is 0 Å². The van der Waals surface area contributed by atoms with E-state index in [0.29, 0.717) is 14.3 Å². The lowest BCUT2D eigenvalue weighted by Crippen LogP contribution is -2.22. The molecule has 4 nitrogen and oxygen atoms in total. The molecule has 3 heterocycles. The minimum atomic E-state index is -0.147. The third-order valence-electron chi connectivity index (χ3n) is 2.62. The van der Waals surface area contributed by atoms with E-state index in [4.69, 9.17) is 11.6 Å². The van der Waals surface area contributed by atoms with Crippen molar-refractivity contribution in [3.8, 4) is 0 Å². The van der Waals surface area contributed by atoms with Gasteiger partial charge in [-0.3, -0.25) is 10.1 Å². The molecule has 2 aromatic heterocycles. The molecule has 1 aliphatic rings. The van der Waals surface area contributed by atoms with E-state index in [1.54, 1.807) is 12.1 Å². The molecule has 0 atom stereocenters. The van der Waals surface area contributed by atoms with Gasteiger partial charge in [0.2, 0.25) is 0 Å². The molecule has 18 heavy (non-hydrogen) atoms. The second-order valence-corrected chi connectivity index (χ2v) is 6.67. The van der Waals surface area contributed by atoms with Crippen LogP contribution in [0.25, 0.3) is 0 Å². The van der Waals surface area contributed by atoms with Crippen molar-refractivity contribution in [1.82, 2.24) is 10.3 Å². The molecule has 0 aliphatic carbocycles. The van der Waals surface area contributed by atoms with Crippen molar-refractivity contribution in [2.45, 2.75) is 13.0 Å². The molecule has 0 saturated carbocycles. The fraction of sp³-hybridized carbons (Fsp3) is 0.273. The summed E-state index contributed by atoms with van der Waals surface area (Å²) < 4.78 is 0.614. The van der Waals surface area contributed by atoms with Crippen LogP contribution in [0.3, 0.4) is 0 Å². The quantitative estimate of drug-likeness (QED) is 0.896. The number of anilines is 1. The summed E-state index contributed by atoms with van der Waals surface area (Å²) in [6.45, 7) is 1.79. The summed E-state index contributed by atoms with van der Waals surface area (Å²) in [5.74, 6) is -0.147. The molecule has 3 rings (SSSR count). The first-order chi connectivity index (χ1) is 8.72. The zero-order valence-electron chi connectivity index (χ0n) is 9.33. The number of amides is 1. The third kappa shape index (κ3) is 2.42. The lowest BCUT2D eigenvalue weighted by molar-refractivity contribution is 0.103. The number of nitrogens with one attached hydrogen (secondary N) is 2. The third-order valence-corrected chi connectivity index (χ3v) is 4.86. The van der Waals surface area contributed by atoms with E-state index < -0.39 is 0 Å². The van der Waals surface area contributed by atoms with Crippen LogP contribution in [0.4, 0.5) is 5.13 Å². The molecule has 94 valence electrons. The zero-order chi connectivity index (χ0) is 12.5. The summed E-state index contributed by atoms with van der Waals surface area (Å²) in [6, 6.07) is 3.44. The van der Waals surface area contributed by atoms with Gasteiger partial charge in [-0.1, -0.05) is 11.6 Å². The Labute approximate surface area is 117 Å². The number of nitrogens with zero attached hydrogens (tertiary/aromatic N) is 1. The van der Waals surface area contributed by atoms with Gasteiger partial charge in [-0.15, -0.1) is 22.7 Å². The maximum absolute atomic E-state index is 11.9. The van der Waals surface area contributed by atoms with Crippen LogP contribution in [0.1, 0.15) is 20.2 Å². The van der Waals surface area contributed by atoms with Crippen molar-refractivity contribution >= 4 is 45.3 Å². The Morgan fingerprint density at radius 2 is 2.33 bits per heavy atom. The van der Waals surface area contributed by atoms with Crippen LogP contribution in [0.15, 0.2) is 12.1 Å². The summed E-state index contributed by atoms with van der Waals surface area (Å²) in [4.78, 5) is 18.2. The minimum Gasteiger partial charge on any atom is -0.311 e. The van der Waals surface area contributed by atoms with Gasteiger partial charge in [0.15, 0.2) is 5.13 Å². The van der Waals surface area contributed by atoms with E-state index in [9.17, 15) is 4.79 Å². The minimum absolute atomic E-state index is 0.147. The van der Waals surface area contributed by atoms with Crippen molar-refractivity contribution < 1.29 is 4.79 Å². The number of thiophene rings is 1. The van der Waals surface area contributed by atoms with E-state index in [1.807, 2.05) is 0 Å². The molecule has 1 amide bonds. The van der Waals surface area contributed by atoms with Crippen molar-refractivity contribution in [2.75, 3.05) is 11.9 Å². The van der Waals surface area contributed by atoms with Crippen molar-refractivity contribution in [3.05, 3.63) is 31.9 Å². The number of hydrogen-bond donors (Lipinski definition) is 2. The van der Waals surface area contributed by atoms with Crippen LogP contribution in [-0.4, -0.2) is 17.4 Å². The average molecular weight is 300 g/mol. The molecule has 2 N–H and O–H groups in total. The largest absolute Gasteiger partial charge is 0.311 e. The van der Waals surface area contributed by atoms with Gasteiger partial charge in [0.25, 0.3) is 5.91 Å². The maximum Gasteiger partial charge on any atom is 0.267 e. The average Bonchev–Trinajstić information content (AvgIpc) is 2.94. The SMILES string of the molecule is O=C(Nc1nc2c(s1)CNCC2)c1ccc(Cl)s1. The highest BCUT2D eigenvalue weighted by Crippen LogP contribution is 2.27. The first-order valence-electron chi connectivity index (χ1n) is 5.48. The van der Waals surface area contributed by atoms with Gasteiger partial charge in [-0.2, -0.15) is 0 Å². The number of fused-ring (bicyclic) bond motifs is 1. The van der Waals surface area contributed by atoms with Crippen LogP contribution in [0.5, 0.6) is 0 Å². The number of aromatic nitrogens is 1. The molecule has 7 heteroatoms. The van der Waals surface area contributed by atoms with Gasteiger partial charge >= 0.3 is 0 Å². The molecule has 0 saturated heterocycles. The van der Waals surface area contributed by atoms with Crippen molar-refractivity contribution in [2.24, 2.45) is 0 Å².